The van der Waals surface area contributed by atoms with Crippen LogP contribution in [0.1, 0.15) is 42.4 Å². The van der Waals surface area contributed by atoms with Gasteiger partial charge in [0.2, 0.25) is 5.88 Å². The molecule has 3 aromatic rings. The van der Waals surface area contributed by atoms with Crippen LogP contribution in [0.25, 0.3) is 11.1 Å². The van der Waals surface area contributed by atoms with E-state index < -0.39 is 0 Å². The van der Waals surface area contributed by atoms with Crippen molar-refractivity contribution in [3.05, 3.63) is 60.2 Å². The second kappa shape index (κ2) is 9.09. The number of benzene rings is 1. The minimum absolute atomic E-state index is 0.0398. The number of aromatic nitrogens is 3. The number of carbonyl (C=O) groups is 1. The third-order valence-electron chi connectivity index (χ3n) is 5.39. The van der Waals surface area contributed by atoms with Gasteiger partial charge in [-0.1, -0.05) is 44.2 Å². The van der Waals surface area contributed by atoms with Crippen LogP contribution in [-0.2, 0) is 0 Å². The first-order chi connectivity index (χ1) is 15.2. The molecule has 3 heterocycles. The van der Waals surface area contributed by atoms with Crippen molar-refractivity contribution in [1.82, 2.24) is 15.0 Å². The van der Waals surface area contributed by atoms with Gasteiger partial charge >= 0.3 is 0 Å². The van der Waals surface area contributed by atoms with Crippen molar-refractivity contribution >= 4 is 35.9 Å². The second-order valence-corrected chi connectivity index (χ2v) is 11.4. The van der Waals surface area contributed by atoms with Gasteiger partial charge in [-0.25, -0.2) is 9.97 Å². The summed E-state index contributed by atoms with van der Waals surface area (Å²) in [6, 6.07) is 11.2. The molecule has 0 saturated carbocycles. The monoisotopic (exact) mass is 467 g/mol. The summed E-state index contributed by atoms with van der Waals surface area (Å²) in [7, 11) is 5.72. The quantitative estimate of drug-likeness (QED) is 0.545. The molecule has 9 heteroatoms. The lowest BCUT2D eigenvalue weighted by atomic mass is 10.0. The van der Waals surface area contributed by atoms with E-state index in [4.69, 9.17) is 0 Å². The molecular formula is C23H27N5O2P2. The molecule has 0 spiro atoms. The fraction of sp³-hybridized carbons (Fsp3) is 0.304. The molecule has 1 amide bonds. The third-order valence-corrected chi connectivity index (χ3v) is 6.33. The molecule has 2 N–H and O–H groups in total. The lowest BCUT2D eigenvalue weighted by Crippen LogP contribution is -2.26. The average molecular weight is 467 g/mol. The van der Waals surface area contributed by atoms with E-state index >= 15 is 0 Å². The summed E-state index contributed by atoms with van der Waals surface area (Å²) in [5, 5.41) is 13.4. The molecule has 2 unspecified atom stereocenters. The zero-order valence-electron chi connectivity index (χ0n) is 18.1. The number of carbonyl (C=O) groups excluding carboxylic acids is 1. The van der Waals surface area contributed by atoms with Crippen molar-refractivity contribution in [3.8, 4) is 17.0 Å². The Bertz CT molecular complexity index is 1120. The predicted molar refractivity (Wildman–Crippen MR) is 134 cm³/mol. The normalized spacial score (nSPS) is 15.2. The number of pyridine rings is 1. The van der Waals surface area contributed by atoms with Crippen molar-refractivity contribution in [1.29, 1.82) is 0 Å². The van der Waals surface area contributed by atoms with Gasteiger partial charge in [-0.05, 0) is 12.0 Å². The molecule has 1 aromatic carbocycles. The molecule has 166 valence electrons. The molecule has 2 aromatic heterocycles. The van der Waals surface area contributed by atoms with E-state index in [1.165, 1.54) is 0 Å². The topological polar surface area (TPSA) is 91.2 Å². The average Bonchev–Trinajstić information content (AvgIpc) is 3.14. The SMILES string of the molecule is CC(C)c1ncc(C(=O)Nc2c(-c3ccccc3)cc(O)nc2N2CCC(P)(P)C2)cn1. The summed E-state index contributed by atoms with van der Waals surface area (Å²) in [4.78, 5) is 28.2. The number of hydrogen-bond acceptors (Lipinski definition) is 6. The molecule has 0 radical (unpaired) electrons. The van der Waals surface area contributed by atoms with Crippen molar-refractivity contribution in [3.63, 3.8) is 0 Å². The van der Waals surface area contributed by atoms with E-state index in [-0.39, 0.29) is 22.6 Å². The Hall–Kier alpha value is -2.62. The third kappa shape index (κ3) is 4.90. The first kappa shape index (κ1) is 22.6. The number of anilines is 2. The maximum Gasteiger partial charge on any atom is 0.258 e. The Kier molecular flexibility index (Phi) is 6.41. The van der Waals surface area contributed by atoms with E-state index in [2.05, 4.69) is 43.6 Å². The Morgan fingerprint density at radius 3 is 2.47 bits per heavy atom. The highest BCUT2D eigenvalue weighted by Gasteiger charge is 2.33. The summed E-state index contributed by atoms with van der Waals surface area (Å²) in [5.74, 6) is 0.996. The van der Waals surface area contributed by atoms with E-state index in [1.54, 1.807) is 18.5 Å². The molecule has 0 bridgehead atoms. The highest BCUT2D eigenvalue weighted by Crippen LogP contribution is 2.43. The van der Waals surface area contributed by atoms with Gasteiger partial charge in [0, 0.05) is 47.9 Å². The van der Waals surface area contributed by atoms with Crippen molar-refractivity contribution in [2.24, 2.45) is 0 Å². The zero-order valence-corrected chi connectivity index (χ0v) is 20.4. The van der Waals surface area contributed by atoms with Crippen LogP contribution in [0.15, 0.2) is 48.8 Å². The maximum atomic E-state index is 13.2. The fourth-order valence-electron chi connectivity index (χ4n) is 3.69. The molecule has 1 fully saturated rings. The largest absolute Gasteiger partial charge is 0.493 e. The van der Waals surface area contributed by atoms with Gasteiger partial charge in [-0.2, -0.15) is 4.98 Å². The van der Waals surface area contributed by atoms with Crippen LogP contribution in [0.3, 0.4) is 0 Å². The molecule has 1 aliphatic rings. The number of nitrogens with one attached hydrogen (secondary N) is 1. The van der Waals surface area contributed by atoms with Crippen LogP contribution >= 0.6 is 18.5 Å². The lowest BCUT2D eigenvalue weighted by molar-refractivity contribution is 0.102. The first-order valence-electron chi connectivity index (χ1n) is 10.5. The molecule has 7 nitrogen and oxygen atoms in total. The maximum absolute atomic E-state index is 13.2. The van der Waals surface area contributed by atoms with E-state index in [9.17, 15) is 9.90 Å². The van der Waals surface area contributed by atoms with Crippen LogP contribution in [-0.4, -0.2) is 44.0 Å². The number of hydrogen-bond donors (Lipinski definition) is 2. The summed E-state index contributed by atoms with van der Waals surface area (Å²) < 4.78 is 0. The number of rotatable bonds is 5. The van der Waals surface area contributed by atoms with Crippen molar-refractivity contribution in [2.75, 3.05) is 23.3 Å². The van der Waals surface area contributed by atoms with Gasteiger partial charge in [-0.3, -0.25) is 4.79 Å². The van der Waals surface area contributed by atoms with Gasteiger partial charge in [0.1, 0.15) is 5.82 Å². The summed E-state index contributed by atoms with van der Waals surface area (Å²) in [5.41, 5.74) is 2.49. The van der Waals surface area contributed by atoms with Crippen molar-refractivity contribution in [2.45, 2.75) is 31.1 Å². The van der Waals surface area contributed by atoms with Gasteiger partial charge in [0.05, 0.1) is 11.3 Å². The van der Waals surface area contributed by atoms with Crippen molar-refractivity contribution < 1.29 is 9.90 Å². The summed E-state index contributed by atoms with van der Waals surface area (Å²) >= 11 is 0. The molecule has 1 aliphatic heterocycles. The van der Waals surface area contributed by atoms with E-state index in [0.717, 1.165) is 18.5 Å². The second-order valence-electron chi connectivity index (χ2n) is 8.44. The molecule has 4 rings (SSSR count). The standard InChI is InChI=1S/C23H27N5O2P2/c1-14(2)20-24-11-16(12-25-20)22(30)27-19-17(15-6-4-3-5-7-15)10-18(29)26-21(19)28-9-8-23(31,32)13-28/h3-7,10-12,14H,8-9,13,31-32H2,1-2H3,(H,26,29)(H,27,30). The van der Waals surface area contributed by atoms with Gasteiger partial charge < -0.3 is 15.3 Å². The Balaban J connectivity index is 1.77. The van der Waals surface area contributed by atoms with Crippen LogP contribution < -0.4 is 10.2 Å². The number of amides is 1. The minimum atomic E-state index is -0.326. The smallest absolute Gasteiger partial charge is 0.258 e. The van der Waals surface area contributed by atoms with Gasteiger partial charge in [0.15, 0.2) is 5.82 Å². The minimum Gasteiger partial charge on any atom is -0.493 e. The van der Waals surface area contributed by atoms with Crippen LogP contribution in [0.5, 0.6) is 5.88 Å². The number of aromatic hydroxyl groups is 1. The van der Waals surface area contributed by atoms with E-state index in [1.807, 2.05) is 44.2 Å². The highest BCUT2D eigenvalue weighted by molar-refractivity contribution is 7.40. The molecule has 0 aliphatic carbocycles. The predicted octanol–water partition coefficient (Wildman–Crippen LogP) is 4.28. The lowest BCUT2D eigenvalue weighted by Gasteiger charge is -2.25. The fourth-order valence-corrected chi connectivity index (χ4v) is 4.39. The van der Waals surface area contributed by atoms with Gasteiger partial charge in [-0.15, -0.1) is 18.5 Å². The number of nitrogens with zero attached hydrogens (tertiary/aromatic N) is 4. The van der Waals surface area contributed by atoms with Crippen LogP contribution in [0.4, 0.5) is 11.5 Å². The summed E-state index contributed by atoms with van der Waals surface area (Å²) in [6.07, 6.45) is 4.01. The summed E-state index contributed by atoms with van der Waals surface area (Å²) in [6.45, 7) is 5.47. The molecule has 32 heavy (non-hydrogen) atoms. The molecule has 1 saturated heterocycles. The zero-order chi connectivity index (χ0) is 22.9. The highest BCUT2D eigenvalue weighted by atomic mass is 31.1. The molecular weight excluding hydrogens is 440 g/mol. The Morgan fingerprint density at radius 2 is 1.88 bits per heavy atom. The Morgan fingerprint density at radius 1 is 1.19 bits per heavy atom. The van der Waals surface area contributed by atoms with Gasteiger partial charge in [0.25, 0.3) is 5.91 Å². The molecule has 2 atom stereocenters. The van der Waals surface area contributed by atoms with Crippen LogP contribution in [0, 0.1) is 0 Å². The van der Waals surface area contributed by atoms with Crippen LogP contribution in [0.2, 0.25) is 0 Å². The van der Waals surface area contributed by atoms with E-state index in [0.29, 0.717) is 35.0 Å². The Labute approximate surface area is 192 Å². The first-order valence-corrected chi connectivity index (χ1v) is 11.6.